The molecule has 3 unspecified atom stereocenters. The Morgan fingerprint density at radius 3 is 3.17 bits per heavy atom. The fraction of sp³-hybridized carbons (Fsp3) is 0.786. The van der Waals surface area contributed by atoms with Crippen molar-refractivity contribution in [2.45, 2.75) is 45.3 Å². The minimum Gasteiger partial charge on any atom is -0.333 e. The van der Waals surface area contributed by atoms with Gasteiger partial charge in [0, 0.05) is 38.1 Å². The van der Waals surface area contributed by atoms with Gasteiger partial charge >= 0.3 is 0 Å². The zero-order valence-corrected chi connectivity index (χ0v) is 11.3. The van der Waals surface area contributed by atoms with E-state index < -0.39 is 0 Å². The molecule has 2 heterocycles. The number of imidazole rings is 1. The van der Waals surface area contributed by atoms with Gasteiger partial charge in [-0.25, -0.2) is 4.98 Å². The van der Waals surface area contributed by atoms with Gasteiger partial charge in [0.05, 0.1) is 6.54 Å². The second-order valence-electron chi connectivity index (χ2n) is 6.11. The summed E-state index contributed by atoms with van der Waals surface area (Å²) in [4.78, 5) is 6.96. The van der Waals surface area contributed by atoms with Crippen molar-refractivity contribution in [2.75, 3.05) is 13.1 Å². The molecular formula is C14H24N4. The highest BCUT2D eigenvalue weighted by Crippen LogP contribution is 2.29. The van der Waals surface area contributed by atoms with E-state index in [0.29, 0.717) is 12.0 Å². The van der Waals surface area contributed by atoms with Gasteiger partial charge in [0.1, 0.15) is 5.82 Å². The minimum atomic E-state index is 0.405. The molecule has 1 aromatic heterocycles. The third kappa shape index (κ3) is 2.45. The molecule has 3 atom stereocenters. The molecule has 100 valence electrons. The Hall–Kier alpha value is -0.870. The molecule has 2 N–H and O–H groups in total. The first-order chi connectivity index (χ1) is 8.72. The highest BCUT2D eigenvalue weighted by molar-refractivity contribution is 4.96. The van der Waals surface area contributed by atoms with Crippen LogP contribution < -0.4 is 5.73 Å². The van der Waals surface area contributed by atoms with E-state index in [2.05, 4.69) is 27.6 Å². The molecule has 0 amide bonds. The van der Waals surface area contributed by atoms with Crippen molar-refractivity contribution < 1.29 is 0 Å². The molecular weight excluding hydrogens is 224 g/mol. The fourth-order valence-electron chi connectivity index (χ4n) is 3.44. The van der Waals surface area contributed by atoms with Crippen LogP contribution in [0.2, 0.25) is 0 Å². The zero-order valence-electron chi connectivity index (χ0n) is 11.3. The van der Waals surface area contributed by atoms with Crippen molar-refractivity contribution in [2.24, 2.45) is 17.6 Å². The van der Waals surface area contributed by atoms with Gasteiger partial charge in [-0.15, -0.1) is 0 Å². The maximum absolute atomic E-state index is 6.29. The van der Waals surface area contributed by atoms with E-state index in [-0.39, 0.29) is 0 Å². The van der Waals surface area contributed by atoms with Gasteiger partial charge in [-0.05, 0) is 31.1 Å². The van der Waals surface area contributed by atoms with Crippen molar-refractivity contribution >= 4 is 0 Å². The van der Waals surface area contributed by atoms with Crippen LogP contribution in [-0.2, 0) is 13.1 Å². The SMILES string of the molecule is CC1CCC(N)C(CN2CCn3ccnc3C2)C1. The summed E-state index contributed by atoms with van der Waals surface area (Å²) in [6.45, 7) is 6.72. The number of nitrogens with zero attached hydrogens (tertiary/aromatic N) is 3. The lowest BCUT2D eigenvalue weighted by Crippen LogP contribution is -2.44. The summed E-state index contributed by atoms with van der Waals surface area (Å²) in [7, 11) is 0. The first-order valence-corrected chi connectivity index (χ1v) is 7.20. The average Bonchev–Trinajstić information content (AvgIpc) is 2.81. The van der Waals surface area contributed by atoms with Crippen LogP contribution in [0.1, 0.15) is 32.0 Å². The maximum atomic E-state index is 6.29. The molecule has 18 heavy (non-hydrogen) atoms. The monoisotopic (exact) mass is 248 g/mol. The van der Waals surface area contributed by atoms with E-state index in [4.69, 9.17) is 5.73 Å². The Morgan fingerprint density at radius 1 is 1.39 bits per heavy atom. The Kier molecular flexibility index (Phi) is 3.39. The van der Waals surface area contributed by atoms with Crippen LogP contribution >= 0.6 is 0 Å². The Balaban J connectivity index is 1.60. The first kappa shape index (κ1) is 12.2. The quantitative estimate of drug-likeness (QED) is 0.862. The van der Waals surface area contributed by atoms with E-state index in [1.165, 1.54) is 25.1 Å². The van der Waals surface area contributed by atoms with Crippen molar-refractivity contribution in [3.05, 3.63) is 18.2 Å². The summed E-state index contributed by atoms with van der Waals surface area (Å²) in [6.07, 6.45) is 7.80. The molecule has 4 nitrogen and oxygen atoms in total. The molecule has 1 aromatic rings. The molecule has 0 saturated heterocycles. The predicted octanol–water partition coefficient (Wildman–Crippen LogP) is 1.46. The van der Waals surface area contributed by atoms with Crippen molar-refractivity contribution in [1.29, 1.82) is 0 Å². The van der Waals surface area contributed by atoms with Gasteiger partial charge < -0.3 is 10.3 Å². The van der Waals surface area contributed by atoms with E-state index in [9.17, 15) is 0 Å². The standard InChI is InChI=1S/C14H24N4/c1-11-2-3-13(15)12(8-11)9-17-6-7-18-5-4-16-14(18)10-17/h4-5,11-13H,2-3,6-10,15H2,1H3. The molecule has 0 bridgehead atoms. The lowest BCUT2D eigenvalue weighted by atomic mass is 9.79. The lowest BCUT2D eigenvalue weighted by Gasteiger charge is -2.37. The number of rotatable bonds is 2. The summed E-state index contributed by atoms with van der Waals surface area (Å²) >= 11 is 0. The number of hydrogen-bond donors (Lipinski definition) is 1. The molecule has 4 heteroatoms. The Labute approximate surface area is 109 Å². The topological polar surface area (TPSA) is 47.1 Å². The first-order valence-electron chi connectivity index (χ1n) is 7.20. The Morgan fingerprint density at radius 2 is 2.28 bits per heavy atom. The number of hydrogen-bond acceptors (Lipinski definition) is 3. The third-order valence-electron chi connectivity index (χ3n) is 4.62. The van der Waals surface area contributed by atoms with Crippen molar-refractivity contribution in [3.63, 3.8) is 0 Å². The third-order valence-corrected chi connectivity index (χ3v) is 4.62. The van der Waals surface area contributed by atoms with Crippen LogP contribution in [0.15, 0.2) is 12.4 Å². The normalized spacial score (nSPS) is 33.3. The van der Waals surface area contributed by atoms with E-state index in [1.54, 1.807) is 0 Å². The van der Waals surface area contributed by atoms with Gasteiger partial charge in [0.2, 0.25) is 0 Å². The smallest absolute Gasteiger partial charge is 0.122 e. The fourth-order valence-corrected chi connectivity index (χ4v) is 3.44. The largest absolute Gasteiger partial charge is 0.333 e. The maximum Gasteiger partial charge on any atom is 0.122 e. The van der Waals surface area contributed by atoms with Crippen LogP contribution in [0.25, 0.3) is 0 Å². The number of nitrogens with two attached hydrogens (primary N) is 1. The van der Waals surface area contributed by atoms with Crippen LogP contribution in [-0.4, -0.2) is 33.6 Å². The van der Waals surface area contributed by atoms with Gasteiger partial charge in [0.15, 0.2) is 0 Å². The molecule has 0 spiro atoms. The highest BCUT2D eigenvalue weighted by atomic mass is 15.2. The Bertz CT molecular complexity index is 400. The minimum absolute atomic E-state index is 0.405. The van der Waals surface area contributed by atoms with Crippen LogP contribution in [0, 0.1) is 11.8 Å². The molecule has 3 rings (SSSR count). The van der Waals surface area contributed by atoms with Crippen LogP contribution in [0.3, 0.4) is 0 Å². The van der Waals surface area contributed by atoms with Gasteiger partial charge in [-0.1, -0.05) is 6.92 Å². The summed E-state index contributed by atoms with van der Waals surface area (Å²) in [5.74, 6) is 2.73. The molecule has 0 radical (unpaired) electrons. The summed E-state index contributed by atoms with van der Waals surface area (Å²) in [5.41, 5.74) is 6.29. The average molecular weight is 248 g/mol. The van der Waals surface area contributed by atoms with E-state index in [1.807, 2.05) is 6.20 Å². The molecule has 2 aliphatic rings. The summed E-state index contributed by atoms with van der Waals surface area (Å²) < 4.78 is 2.26. The van der Waals surface area contributed by atoms with Gasteiger partial charge in [0.25, 0.3) is 0 Å². The summed E-state index contributed by atoms with van der Waals surface area (Å²) in [5, 5.41) is 0. The van der Waals surface area contributed by atoms with Crippen molar-refractivity contribution in [3.8, 4) is 0 Å². The van der Waals surface area contributed by atoms with Gasteiger partial charge in [-0.3, -0.25) is 4.90 Å². The van der Waals surface area contributed by atoms with E-state index >= 15 is 0 Å². The molecule has 0 aromatic carbocycles. The van der Waals surface area contributed by atoms with Crippen molar-refractivity contribution in [1.82, 2.24) is 14.5 Å². The molecule has 1 saturated carbocycles. The molecule has 1 aliphatic heterocycles. The van der Waals surface area contributed by atoms with Gasteiger partial charge in [-0.2, -0.15) is 0 Å². The number of fused-ring (bicyclic) bond motifs is 1. The van der Waals surface area contributed by atoms with E-state index in [0.717, 1.165) is 32.1 Å². The van der Waals surface area contributed by atoms with Crippen LogP contribution in [0.5, 0.6) is 0 Å². The molecule has 1 aliphatic carbocycles. The second kappa shape index (κ2) is 5.02. The number of aromatic nitrogens is 2. The lowest BCUT2D eigenvalue weighted by molar-refractivity contribution is 0.137. The van der Waals surface area contributed by atoms with Crippen LogP contribution in [0.4, 0.5) is 0 Å². The zero-order chi connectivity index (χ0) is 12.5. The predicted molar refractivity (Wildman–Crippen MR) is 72.0 cm³/mol. The summed E-state index contributed by atoms with van der Waals surface area (Å²) in [6, 6.07) is 0.405. The second-order valence-corrected chi connectivity index (χ2v) is 6.11. The molecule has 1 fully saturated rings. The highest BCUT2D eigenvalue weighted by Gasteiger charge is 2.28.